The average Bonchev–Trinajstić information content (AvgIpc) is 2.69. The highest BCUT2D eigenvalue weighted by atomic mass is 15.1. The van der Waals surface area contributed by atoms with Crippen LogP contribution in [0, 0.1) is 0 Å². The van der Waals surface area contributed by atoms with E-state index in [1.165, 1.54) is 28.1 Å². The van der Waals surface area contributed by atoms with Crippen molar-refractivity contribution in [3.8, 4) is 0 Å². The minimum atomic E-state index is 0.986. The van der Waals surface area contributed by atoms with E-state index in [1.807, 2.05) is 0 Å². The highest BCUT2D eigenvalue weighted by molar-refractivity contribution is 5.94. The fourth-order valence-electron chi connectivity index (χ4n) is 2.84. The molecule has 0 aromatic heterocycles. The summed E-state index contributed by atoms with van der Waals surface area (Å²) in [5, 5.41) is 3.57. The van der Waals surface area contributed by atoms with Gasteiger partial charge in [0.25, 0.3) is 0 Å². The maximum absolute atomic E-state index is 3.57. The second kappa shape index (κ2) is 6.15. The predicted octanol–water partition coefficient (Wildman–Crippen LogP) is 4.63. The molecule has 108 valence electrons. The van der Waals surface area contributed by atoms with Crippen molar-refractivity contribution in [3.05, 3.63) is 59.7 Å². The van der Waals surface area contributed by atoms with E-state index >= 15 is 0 Å². The zero-order chi connectivity index (χ0) is 14.7. The Bertz CT molecular complexity index is 654. The molecule has 0 amide bonds. The molecule has 2 heteroatoms. The molecule has 1 N–H and O–H groups in total. The van der Waals surface area contributed by atoms with E-state index in [4.69, 9.17) is 0 Å². The number of benzene rings is 2. The van der Waals surface area contributed by atoms with Crippen LogP contribution in [-0.2, 0) is 0 Å². The fraction of sp³-hybridized carbons (Fsp3) is 0.263. The molecule has 21 heavy (non-hydrogen) atoms. The molecule has 1 heterocycles. The van der Waals surface area contributed by atoms with Crippen LogP contribution in [0.2, 0.25) is 0 Å². The maximum Gasteiger partial charge on any atom is 0.0461 e. The Balaban J connectivity index is 2.08. The van der Waals surface area contributed by atoms with E-state index in [1.54, 1.807) is 0 Å². The third-order valence-electron chi connectivity index (χ3n) is 4.12. The zero-order valence-electron chi connectivity index (χ0n) is 12.8. The Hall–Kier alpha value is -2.06. The largest absolute Gasteiger partial charge is 0.355 e. The van der Waals surface area contributed by atoms with E-state index in [9.17, 15) is 0 Å². The molecule has 0 bridgehead atoms. The van der Waals surface area contributed by atoms with Gasteiger partial charge in [-0.1, -0.05) is 50.2 Å². The van der Waals surface area contributed by atoms with Gasteiger partial charge in [-0.25, -0.2) is 0 Å². The first-order valence-electron chi connectivity index (χ1n) is 7.70. The zero-order valence-corrected chi connectivity index (χ0v) is 12.8. The molecule has 0 aliphatic carbocycles. The maximum atomic E-state index is 3.57. The van der Waals surface area contributed by atoms with Gasteiger partial charge >= 0.3 is 0 Å². The second-order valence-corrected chi connectivity index (χ2v) is 5.39. The van der Waals surface area contributed by atoms with Gasteiger partial charge in [-0.2, -0.15) is 0 Å². The van der Waals surface area contributed by atoms with Crippen LogP contribution in [0.25, 0.3) is 11.6 Å². The summed E-state index contributed by atoms with van der Waals surface area (Å²) in [5.74, 6) is 0. The number of hydrogen-bond acceptors (Lipinski definition) is 2. The average molecular weight is 278 g/mol. The fourth-order valence-corrected chi connectivity index (χ4v) is 2.84. The SMILES string of the molecule is CCN(CC)CC1=Cc2ccccc2Nc2ccccc21. The van der Waals surface area contributed by atoms with Crippen LogP contribution in [0.5, 0.6) is 0 Å². The Morgan fingerprint density at radius 1 is 0.857 bits per heavy atom. The third kappa shape index (κ3) is 2.86. The molecule has 0 unspecified atom stereocenters. The molecule has 2 aromatic carbocycles. The highest BCUT2D eigenvalue weighted by Gasteiger charge is 2.15. The number of likely N-dealkylation sites (N-methyl/N-ethyl adjacent to an activating group) is 1. The van der Waals surface area contributed by atoms with Crippen LogP contribution in [0.1, 0.15) is 25.0 Å². The molecule has 0 saturated carbocycles. The lowest BCUT2D eigenvalue weighted by Crippen LogP contribution is -2.24. The van der Waals surface area contributed by atoms with E-state index in [-0.39, 0.29) is 0 Å². The first-order valence-corrected chi connectivity index (χ1v) is 7.70. The monoisotopic (exact) mass is 278 g/mol. The standard InChI is InChI=1S/C19H22N2/c1-3-21(4-2)14-16-13-15-9-5-7-11-18(15)20-19-12-8-6-10-17(16)19/h5-13,20H,3-4,14H2,1-2H3. The first kappa shape index (κ1) is 13.9. The van der Waals surface area contributed by atoms with Gasteiger partial charge in [0.1, 0.15) is 0 Å². The topological polar surface area (TPSA) is 15.3 Å². The Labute approximate surface area is 127 Å². The summed E-state index contributed by atoms with van der Waals surface area (Å²) in [4.78, 5) is 2.45. The van der Waals surface area contributed by atoms with Crippen LogP contribution in [0.3, 0.4) is 0 Å². The van der Waals surface area contributed by atoms with Crippen LogP contribution >= 0.6 is 0 Å². The van der Waals surface area contributed by atoms with Crippen molar-refractivity contribution in [2.24, 2.45) is 0 Å². The van der Waals surface area contributed by atoms with Crippen LogP contribution in [0.15, 0.2) is 48.5 Å². The van der Waals surface area contributed by atoms with Gasteiger partial charge < -0.3 is 5.32 Å². The van der Waals surface area contributed by atoms with Crippen molar-refractivity contribution in [1.82, 2.24) is 4.90 Å². The number of rotatable bonds is 4. The number of hydrogen-bond donors (Lipinski definition) is 1. The quantitative estimate of drug-likeness (QED) is 0.877. The molecule has 2 nitrogen and oxygen atoms in total. The molecule has 3 rings (SSSR count). The number of anilines is 2. The minimum absolute atomic E-state index is 0.986. The van der Waals surface area contributed by atoms with Gasteiger partial charge in [-0.05, 0) is 42.4 Å². The molecule has 0 saturated heterocycles. The molecule has 0 fully saturated rings. The summed E-state index contributed by atoms with van der Waals surface area (Å²) in [5.41, 5.74) is 6.32. The molecule has 2 aromatic rings. The molecule has 0 spiro atoms. The van der Waals surface area contributed by atoms with Gasteiger partial charge in [-0.3, -0.25) is 4.90 Å². The van der Waals surface area contributed by atoms with Crippen molar-refractivity contribution in [1.29, 1.82) is 0 Å². The second-order valence-electron chi connectivity index (χ2n) is 5.39. The lowest BCUT2D eigenvalue weighted by molar-refractivity contribution is 0.342. The van der Waals surface area contributed by atoms with Gasteiger partial charge in [0.05, 0.1) is 0 Å². The molecule has 1 aliphatic rings. The predicted molar refractivity (Wildman–Crippen MR) is 91.8 cm³/mol. The minimum Gasteiger partial charge on any atom is -0.355 e. The van der Waals surface area contributed by atoms with Gasteiger partial charge in [0.15, 0.2) is 0 Å². The van der Waals surface area contributed by atoms with Crippen LogP contribution in [0.4, 0.5) is 11.4 Å². The van der Waals surface area contributed by atoms with Crippen molar-refractivity contribution in [2.75, 3.05) is 25.0 Å². The normalized spacial score (nSPS) is 13.0. The number of nitrogens with zero attached hydrogens (tertiary/aromatic N) is 1. The van der Waals surface area contributed by atoms with E-state index in [2.05, 4.69) is 78.7 Å². The van der Waals surface area contributed by atoms with Crippen molar-refractivity contribution < 1.29 is 0 Å². The number of para-hydroxylation sites is 2. The first-order chi connectivity index (χ1) is 10.3. The lowest BCUT2D eigenvalue weighted by atomic mass is 10.0. The molecular weight excluding hydrogens is 256 g/mol. The summed E-state index contributed by atoms with van der Waals surface area (Å²) in [6, 6.07) is 17.1. The number of nitrogens with one attached hydrogen (secondary N) is 1. The molecule has 0 atom stereocenters. The van der Waals surface area contributed by atoms with E-state index in [0.717, 1.165) is 19.6 Å². The van der Waals surface area contributed by atoms with Gasteiger partial charge in [0, 0.05) is 23.5 Å². The Kier molecular flexibility index (Phi) is 4.07. The smallest absolute Gasteiger partial charge is 0.0461 e. The number of fused-ring (bicyclic) bond motifs is 2. The van der Waals surface area contributed by atoms with Crippen LogP contribution in [-0.4, -0.2) is 24.5 Å². The lowest BCUT2D eigenvalue weighted by Gasteiger charge is -2.21. The van der Waals surface area contributed by atoms with Crippen molar-refractivity contribution >= 4 is 23.0 Å². The summed E-state index contributed by atoms with van der Waals surface area (Å²) in [6.45, 7) is 7.58. The van der Waals surface area contributed by atoms with Crippen molar-refractivity contribution in [2.45, 2.75) is 13.8 Å². The summed E-state index contributed by atoms with van der Waals surface area (Å²) >= 11 is 0. The van der Waals surface area contributed by atoms with Gasteiger partial charge in [-0.15, -0.1) is 0 Å². The summed E-state index contributed by atoms with van der Waals surface area (Å²) < 4.78 is 0. The molecule has 0 radical (unpaired) electrons. The van der Waals surface area contributed by atoms with Crippen molar-refractivity contribution in [3.63, 3.8) is 0 Å². The van der Waals surface area contributed by atoms with Gasteiger partial charge in [0.2, 0.25) is 0 Å². The summed E-state index contributed by atoms with van der Waals surface area (Å²) in [7, 11) is 0. The Morgan fingerprint density at radius 3 is 2.29 bits per heavy atom. The molecule has 1 aliphatic heterocycles. The Morgan fingerprint density at radius 2 is 1.52 bits per heavy atom. The van der Waals surface area contributed by atoms with E-state index in [0.29, 0.717) is 0 Å². The summed E-state index contributed by atoms with van der Waals surface area (Å²) in [6.07, 6.45) is 2.33. The van der Waals surface area contributed by atoms with Crippen LogP contribution < -0.4 is 5.32 Å². The van der Waals surface area contributed by atoms with E-state index < -0.39 is 0 Å². The third-order valence-corrected chi connectivity index (χ3v) is 4.12. The highest BCUT2D eigenvalue weighted by Crippen LogP contribution is 2.34. The molecular formula is C19H22N2.